The summed E-state index contributed by atoms with van der Waals surface area (Å²) in [6, 6.07) is 0.329. The minimum absolute atomic E-state index is 0.329. The third-order valence-electron chi connectivity index (χ3n) is 3.34. The first-order chi connectivity index (χ1) is 5.01. The molecule has 0 heterocycles. The molecular weight excluding hydrogens is 136 g/mol. The van der Waals surface area contributed by atoms with Gasteiger partial charge >= 0.3 is 0 Å². The van der Waals surface area contributed by atoms with Gasteiger partial charge in [0.05, 0.1) is 0 Å². The zero-order valence-corrected chi connectivity index (χ0v) is 8.02. The Bertz CT molecular complexity index is 144. The molecule has 3 N–H and O–H groups in total. The van der Waals surface area contributed by atoms with E-state index < -0.39 is 0 Å². The van der Waals surface area contributed by atoms with E-state index in [0.717, 1.165) is 5.92 Å². The topological polar surface area (TPSA) is 38.0 Å². The highest BCUT2D eigenvalue weighted by atomic mass is 15.0. The van der Waals surface area contributed by atoms with E-state index in [0.29, 0.717) is 17.5 Å². The molecule has 4 atom stereocenters. The molecule has 1 saturated carbocycles. The van der Waals surface area contributed by atoms with E-state index in [-0.39, 0.29) is 0 Å². The molecule has 1 aliphatic carbocycles. The lowest BCUT2D eigenvalue weighted by atomic mass is 9.96. The zero-order valence-electron chi connectivity index (χ0n) is 8.02. The monoisotopic (exact) mass is 156 g/mol. The molecule has 1 aliphatic rings. The molecule has 1 fully saturated rings. The van der Waals surface area contributed by atoms with Gasteiger partial charge in [0.25, 0.3) is 0 Å². The summed E-state index contributed by atoms with van der Waals surface area (Å²) in [5.74, 6) is 1.43. The summed E-state index contributed by atoms with van der Waals surface area (Å²) < 4.78 is 0. The van der Waals surface area contributed by atoms with Gasteiger partial charge in [-0.3, -0.25) is 0 Å². The molecule has 0 aromatic heterocycles. The average Bonchev–Trinajstić information content (AvgIpc) is 2.62. The van der Waals surface area contributed by atoms with Crippen molar-refractivity contribution < 1.29 is 0 Å². The van der Waals surface area contributed by atoms with Crippen molar-refractivity contribution in [3.63, 3.8) is 0 Å². The van der Waals surface area contributed by atoms with Gasteiger partial charge in [0.1, 0.15) is 0 Å². The molecule has 0 radical (unpaired) electrons. The van der Waals surface area contributed by atoms with E-state index in [4.69, 9.17) is 5.73 Å². The van der Waals surface area contributed by atoms with E-state index in [2.05, 4.69) is 26.1 Å². The number of hydrogen-bond donors (Lipinski definition) is 2. The largest absolute Gasteiger partial charge is 0.328 e. The molecule has 66 valence electrons. The summed E-state index contributed by atoms with van der Waals surface area (Å²) in [6.45, 7) is 6.62. The minimum Gasteiger partial charge on any atom is -0.328 e. The fourth-order valence-electron chi connectivity index (χ4n) is 1.82. The van der Waals surface area contributed by atoms with Crippen LogP contribution < -0.4 is 11.1 Å². The maximum atomic E-state index is 5.82. The molecule has 0 aliphatic heterocycles. The average molecular weight is 156 g/mol. The molecule has 4 unspecified atom stereocenters. The quantitative estimate of drug-likeness (QED) is 0.639. The summed E-state index contributed by atoms with van der Waals surface area (Å²) >= 11 is 0. The van der Waals surface area contributed by atoms with Crippen molar-refractivity contribution in [2.24, 2.45) is 17.6 Å². The van der Waals surface area contributed by atoms with Crippen LogP contribution in [-0.2, 0) is 0 Å². The van der Waals surface area contributed by atoms with Gasteiger partial charge in [-0.2, -0.15) is 0 Å². The molecule has 0 bridgehead atoms. The normalized spacial score (nSPS) is 41.7. The second-order valence-corrected chi connectivity index (χ2v) is 4.20. The van der Waals surface area contributed by atoms with Crippen molar-refractivity contribution in [1.29, 1.82) is 0 Å². The molecule has 0 aromatic carbocycles. The Morgan fingerprint density at radius 1 is 1.55 bits per heavy atom. The molecule has 1 rings (SSSR count). The summed E-state index contributed by atoms with van der Waals surface area (Å²) in [5.41, 5.74) is 6.21. The SMILES string of the molecule is CNC1(C)CC1C(C)C(C)N. The van der Waals surface area contributed by atoms with Gasteiger partial charge in [-0.15, -0.1) is 0 Å². The van der Waals surface area contributed by atoms with Crippen molar-refractivity contribution >= 4 is 0 Å². The molecule has 2 nitrogen and oxygen atoms in total. The number of hydrogen-bond acceptors (Lipinski definition) is 2. The lowest BCUT2D eigenvalue weighted by Crippen LogP contribution is -2.33. The molecule has 11 heavy (non-hydrogen) atoms. The first kappa shape index (κ1) is 9.01. The van der Waals surface area contributed by atoms with Crippen LogP contribution in [0.4, 0.5) is 0 Å². The van der Waals surface area contributed by atoms with Gasteiger partial charge in [-0.1, -0.05) is 6.92 Å². The van der Waals surface area contributed by atoms with Gasteiger partial charge in [0, 0.05) is 11.6 Å². The molecule has 2 heteroatoms. The Morgan fingerprint density at radius 2 is 2.09 bits per heavy atom. The molecular formula is C9H20N2. The van der Waals surface area contributed by atoms with Gasteiger partial charge in [0.2, 0.25) is 0 Å². The van der Waals surface area contributed by atoms with Gasteiger partial charge < -0.3 is 11.1 Å². The summed E-state index contributed by atoms with van der Waals surface area (Å²) in [4.78, 5) is 0. The third kappa shape index (κ3) is 1.57. The second kappa shape index (κ2) is 2.76. The Balaban J connectivity index is 2.42. The van der Waals surface area contributed by atoms with Crippen LogP contribution in [0.1, 0.15) is 27.2 Å². The van der Waals surface area contributed by atoms with Crippen molar-refractivity contribution in [1.82, 2.24) is 5.32 Å². The molecule has 0 saturated heterocycles. The molecule has 0 aromatic rings. The second-order valence-electron chi connectivity index (χ2n) is 4.20. The Labute approximate surface area is 69.5 Å². The van der Waals surface area contributed by atoms with E-state index in [1.165, 1.54) is 6.42 Å². The first-order valence-electron chi connectivity index (χ1n) is 4.46. The van der Waals surface area contributed by atoms with E-state index in [1.54, 1.807) is 0 Å². The fourth-order valence-corrected chi connectivity index (χ4v) is 1.82. The maximum Gasteiger partial charge on any atom is 0.0185 e. The van der Waals surface area contributed by atoms with Crippen molar-refractivity contribution in [3.8, 4) is 0 Å². The van der Waals surface area contributed by atoms with Crippen LogP contribution in [0.5, 0.6) is 0 Å². The molecule has 0 amide bonds. The van der Waals surface area contributed by atoms with E-state index >= 15 is 0 Å². The highest BCUT2D eigenvalue weighted by molar-refractivity contribution is 5.08. The van der Waals surface area contributed by atoms with Gasteiger partial charge in [-0.25, -0.2) is 0 Å². The summed E-state index contributed by atoms with van der Waals surface area (Å²) in [7, 11) is 2.04. The third-order valence-corrected chi connectivity index (χ3v) is 3.34. The van der Waals surface area contributed by atoms with Crippen LogP contribution in [0.2, 0.25) is 0 Å². The highest BCUT2D eigenvalue weighted by Crippen LogP contribution is 2.48. The van der Waals surface area contributed by atoms with Crippen LogP contribution in [-0.4, -0.2) is 18.6 Å². The van der Waals surface area contributed by atoms with E-state index in [1.807, 2.05) is 7.05 Å². The lowest BCUT2D eigenvalue weighted by Gasteiger charge is -2.18. The van der Waals surface area contributed by atoms with Crippen LogP contribution in [0.3, 0.4) is 0 Å². The zero-order chi connectivity index (χ0) is 8.65. The van der Waals surface area contributed by atoms with Crippen molar-refractivity contribution in [2.75, 3.05) is 7.05 Å². The van der Waals surface area contributed by atoms with Crippen LogP contribution in [0, 0.1) is 11.8 Å². The summed E-state index contributed by atoms with van der Waals surface area (Å²) in [6.07, 6.45) is 1.28. The van der Waals surface area contributed by atoms with Crippen LogP contribution >= 0.6 is 0 Å². The van der Waals surface area contributed by atoms with E-state index in [9.17, 15) is 0 Å². The van der Waals surface area contributed by atoms with Gasteiger partial charge in [0.15, 0.2) is 0 Å². The molecule has 0 spiro atoms. The Morgan fingerprint density at radius 3 is 2.36 bits per heavy atom. The van der Waals surface area contributed by atoms with Crippen LogP contribution in [0.15, 0.2) is 0 Å². The predicted octanol–water partition coefficient (Wildman–Crippen LogP) is 0.968. The van der Waals surface area contributed by atoms with Crippen molar-refractivity contribution in [2.45, 2.75) is 38.8 Å². The van der Waals surface area contributed by atoms with Crippen LogP contribution in [0.25, 0.3) is 0 Å². The van der Waals surface area contributed by atoms with Crippen molar-refractivity contribution in [3.05, 3.63) is 0 Å². The maximum absolute atomic E-state index is 5.82. The Kier molecular flexibility index (Phi) is 2.26. The number of nitrogens with two attached hydrogens (primary N) is 1. The highest BCUT2D eigenvalue weighted by Gasteiger charge is 2.51. The minimum atomic E-state index is 0.329. The van der Waals surface area contributed by atoms with Gasteiger partial charge in [-0.05, 0) is 39.2 Å². The summed E-state index contributed by atoms with van der Waals surface area (Å²) in [5, 5.41) is 3.35. The smallest absolute Gasteiger partial charge is 0.0185 e. The lowest BCUT2D eigenvalue weighted by molar-refractivity contribution is 0.377. The fraction of sp³-hybridized carbons (Fsp3) is 1.00. The Hall–Kier alpha value is -0.0800. The first-order valence-corrected chi connectivity index (χ1v) is 4.46. The predicted molar refractivity (Wildman–Crippen MR) is 48.4 cm³/mol. The standard InChI is InChI=1S/C9H20N2/c1-6(7(2)10)8-5-9(8,3)11-4/h6-8,11H,5,10H2,1-4H3. The number of rotatable bonds is 3. The number of nitrogens with one attached hydrogen (secondary N) is 1.